The van der Waals surface area contributed by atoms with Gasteiger partial charge in [0.25, 0.3) is 5.91 Å². The van der Waals surface area contributed by atoms with Crippen LogP contribution in [-0.4, -0.2) is 28.9 Å². The van der Waals surface area contributed by atoms with Crippen LogP contribution in [0.3, 0.4) is 0 Å². The van der Waals surface area contributed by atoms with Crippen LogP contribution in [0.2, 0.25) is 5.02 Å². The van der Waals surface area contributed by atoms with Crippen LogP contribution in [0.4, 0.5) is 0 Å². The Morgan fingerprint density at radius 1 is 1.07 bits per heavy atom. The molecule has 2 fully saturated rings. The van der Waals surface area contributed by atoms with Crippen molar-refractivity contribution in [3.8, 4) is 0 Å². The second-order valence-electron chi connectivity index (χ2n) is 8.02. The molecule has 0 radical (unpaired) electrons. The Balaban J connectivity index is 1.42. The molecule has 2 aliphatic rings. The van der Waals surface area contributed by atoms with Gasteiger partial charge in [0.15, 0.2) is 0 Å². The summed E-state index contributed by atoms with van der Waals surface area (Å²) in [5, 5.41) is 3.77. The second kappa shape index (κ2) is 8.04. The number of nitrogens with one attached hydrogen (secondary N) is 1. The van der Waals surface area contributed by atoms with E-state index in [2.05, 4.69) is 41.4 Å². The minimum absolute atomic E-state index is 0.0457. The van der Waals surface area contributed by atoms with Crippen molar-refractivity contribution >= 4 is 17.5 Å². The van der Waals surface area contributed by atoms with Crippen LogP contribution in [0.5, 0.6) is 0 Å². The fourth-order valence-corrected chi connectivity index (χ4v) is 4.89. The summed E-state index contributed by atoms with van der Waals surface area (Å²) in [6, 6.07) is 17.5. The normalized spacial score (nSPS) is 25.2. The number of carbonyl (C=O) groups excluding carboxylic acids is 1. The van der Waals surface area contributed by atoms with Gasteiger partial charge < -0.3 is 5.32 Å². The van der Waals surface area contributed by atoms with E-state index in [4.69, 9.17) is 11.6 Å². The molecule has 2 aliphatic heterocycles. The molecule has 142 valence electrons. The number of benzene rings is 2. The number of amides is 1. The summed E-state index contributed by atoms with van der Waals surface area (Å²) in [6.07, 6.45) is 5.80. The van der Waals surface area contributed by atoms with Crippen molar-refractivity contribution in [2.45, 2.75) is 63.7 Å². The van der Waals surface area contributed by atoms with Crippen LogP contribution in [0.25, 0.3) is 0 Å². The molecule has 0 saturated carbocycles. The molecule has 2 aromatic carbocycles. The number of aryl methyl sites for hydroxylation is 1. The summed E-state index contributed by atoms with van der Waals surface area (Å²) < 4.78 is 0. The lowest BCUT2D eigenvalue weighted by Gasteiger charge is -2.49. The lowest BCUT2D eigenvalue weighted by atomic mass is 9.81. The first kappa shape index (κ1) is 18.5. The van der Waals surface area contributed by atoms with E-state index < -0.39 is 0 Å². The van der Waals surface area contributed by atoms with Crippen LogP contribution in [0, 0.1) is 6.92 Å². The van der Waals surface area contributed by atoms with Gasteiger partial charge >= 0.3 is 0 Å². The molecular weight excluding hydrogens is 356 g/mol. The Bertz CT molecular complexity index is 790. The highest BCUT2D eigenvalue weighted by molar-refractivity contribution is 6.33. The third-order valence-corrected chi connectivity index (χ3v) is 6.39. The molecule has 3 nitrogen and oxygen atoms in total. The molecule has 1 amide bonds. The zero-order valence-electron chi connectivity index (χ0n) is 15.8. The number of carbonyl (C=O) groups is 1. The topological polar surface area (TPSA) is 32.3 Å². The average molecular weight is 383 g/mol. The predicted molar refractivity (Wildman–Crippen MR) is 110 cm³/mol. The molecule has 4 rings (SSSR count). The number of rotatable bonds is 4. The van der Waals surface area contributed by atoms with E-state index in [0.29, 0.717) is 22.7 Å². The Morgan fingerprint density at radius 2 is 1.74 bits per heavy atom. The zero-order valence-corrected chi connectivity index (χ0v) is 16.6. The SMILES string of the molecule is Cc1ccc(CN2[C@@H]3CCC[C@H]2CC(NC(=O)c2ccccc2Cl)C3)cc1. The van der Waals surface area contributed by atoms with E-state index in [1.165, 1.54) is 30.4 Å². The third kappa shape index (κ3) is 4.20. The quantitative estimate of drug-likeness (QED) is 0.810. The summed E-state index contributed by atoms with van der Waals surface area (Å²) >= 11 is 6.19. The van der Waals surface area contributed by atoms with Gasteiger partial charge in [0.05, 0.1) is 10.6 Å². The van der Waals surface area contributed by atoms with E-state index in [1.807, 2.05) is 12.1 Å². The zero-order chi connectivity index (χ0) is 18.8. The predicted octanol–water partition coefficient (Wildman–Crippen LogP) is 4.96. The lowest BCUT2D eigenvalue weighted by Crippen LogP contribution is -2.56. The van der Waals surface area contributed by atoms with E-state index in [9.17, 15) is 4.79 Å². The number of hydrogen-bond acceptors (Lipinski definition) is 2. The minimum atomic E-state index is -0.0457. The van der Waals surface area contributed by atoms with Crippen molar-refractivity contribution in [1.82, 2.24) is 10.2 Å². The molecular formula is C23H27ClN2O. The third-order valence-electron chi connectivity index (χ3n) is 6.07. The smallest absolute Gasteiger partial charge is 0.253 e. The van der Waals surface area contributed by atoms with Gasteiger partial charge in [0.2, 0.25) is 0 Å². The monoisotopic (exact) mass is 382 g/mol. The van der Waals surface area contributed by atoms with Gasteiger partial charge in [-0.15, -0.1) is 0 Å². The Hall–Kier alpha value is -1.84. The van der Waals surface area contributed by atoms with Crippen molar-refractivity contribution in [1.29, 1.82) is 0 Å². The summed E-state index contributed by atoms with van der Waals surface area (Å²) in [4.78, 5) is 15.3. The van der Waals surface area contributed by atoms with Gasteiger partial charge in [-0.3, -0.25) is 9.69 Å². The summed E-state index contributed by atoms with van der Waals surface area (Å²) in [5.74, 6) is -0.0457. The van der Waals surface area contributed by atoms with Gasteiger partial charge in [-0.25, -0.2) is 0 Å². The van der Waals surface area contributed by atoms with Crippen molar-refractivity contribution in [2.24, 2.45) is 0 Å². The Kier molecular flexibility index (Phi) is 5.51. The van der Waals surface area contributed by atoms with Gasteiger partial charge in [0, 0.05) is 24.7 Å². The minimum Gasteiger partial charge on any atom is -0.349 e. The molecule has 0 aliphatic carbocycles. The van der Waals surface area contributed by atoms with Gasteiger partial charge in [-0.1, -0.05) is 60.0 Å². The largest absolute Gasteiger partial charge is 0.349 e. The van der Waals surface area contributed by atoms with Crippen LogP contribution >= 0.6 is 11.6 Å². The molecule has 4 heteroatoms. The first-order valence-electron chi connectivity index (χ1n) is 9.97. The number of nitrogens with zero attached hydrogens (tertiary/aromatic N) is 1. The molecule has 1 N–H and O–H groups in total. The van der Waals surface area contributed by atoms with Crippen molar-refractivity contribution in [3.63, 3.8) is 0 Å². The first-order chi connectivity index (χ1) is 13.1. The highest BCUT2D eigenvalue weighted by atomic mass is 35.5. The number of piperidine rings is 2. The van der Waals surface area contributed by atoms with Gasteiger partial charge in [-0.05, 0) is 50.3 Å². The summed E-state index contributed by atoms with van der Waals surface area (Å²) in [7, 11) is 0. The van der Waals surface area contributed by atoms with Crippen LogP contribution < -0.4 is 5.32 Å². The van der Waals surface area contributed by atoms with Crippen LogP contribution in [0.15, 0.2) is 48.5 Å². The average Bonchev–Trinajstić information content (AvgIpc) is 2.64. The summed E-state index contributed by atoms with van der Waals surface area (Å²) in [5.41, 5.74) is 3.27. The first-order valence-corrected chi connectivity index (χ1v) is 10.3. The maximum atomic E-state index is 12.6. The molecule has 3 atom stereocenters. The molecule has 2 heterocycles. The molecule has 2 bridgehead atoms. The number of hydrogen-bond donors (Lipinski definition) is 1. The fraction of sp³-hybridized carbons (Fsp3) is 0.435. The molecule has 0 spiro atoms. The highest BCUT2D eigenvalue weighted by Gasteiger charge is 2.38. The maximum Gasteiger partial charge on any atom is 0.253 e. The second-order valence-corrected chi connectivity index (χ2v) is 8.43. The molecule has 27 heavy (non-hydrogen) atoms. The standard InChI is InChI=1S/C23H27ClN2O/c1-16-9-11-17(12-10-16)15-26-19-5-4-6-20(26)14-18(13-19)25-23(27)21-7-2-3-8-22(21)24/h2-3,7-12,18-20H,4-6,13-15H2,1H3,(H,25,27)/t18?,19-,20+. The molecule has 1 unspecified atom stereocenters. The van der Waals surface area contributed by atoms with Crippen LogP contribution in [0.1, 0.15) is 53.6 Å². The van der Waals surface area contributed by atoms with Crippen molar-refractivity contribution in [3.05, 3.63) is 70.2 Å². The fourth-order valence-electron chi connectivity index (χ4n) is 4.67. The maximum absolute atomic E-state index is 12.6. The summed E-state index contributed by atoms with van der Waals surface area (Å²) in [6.45, 7) is 3.15. The van der Waals surface area contributed by atoms with Crippen molar-refractivity contribution in [2.75, 3.05) is 0 Å². The number of halogens is 1. The number of fused-ring (bicyclic) bond motifs is 2. The van der Waals surface area contributed by atoms with Gasteiger partial charge in [0.1, 0.15) is 0 Å². The van der Waals surface area contributed by atoms with E-state index in [-0.39, 0.29) is 11.9 Å². The highest BCUT2D eigenvalue weighted by Crippen LogP contribution is 2.35. The van der Waals surface area contributed by atoms with E-state index in [0.717, 1.165) is 19.4 Å². The Labute approximate surface area is 166 Å². The van der Waals surface area contributed by atoms with Crippen LogP contribution in [-0.2, 0) is 6.54 Å². The molecule has 0 aromatic heterocycles. The van der Waals surface area contributed by atoms with E-state index in [1.54, 1.807) is 12.1 Å². The van der Waals surface area contributed by atoms with E-state index >= 15 is 0 Å². The lowest BCUT2D eigenvalue weighted by molar-refractivity contribution is 0.0177. The van der Waals surface area contributed by atoms with Crippen molar-refractivity contribution < 1.29 is 4.79 Å². The molecule has 2 saturated heterocycles. The Morgan fingerprint density at radius 3 is 2.41 bits per heavy atom. The van der Waals surface area contributed by atoms with Gasteiger partial charge in [-0.2, -0.15) is 0 Å². The molecule has 2 aromatic rings.